The van der Waals surface area contributed by atoms with Crippen LogP contribution in [0.5, 0.6) is 0 Å². The van der Waals surface area contributed by atoms with Crippen molar-refractivity contribution in [1.29, 1.82) is 0 Å². The molecule has 0 aromatic heterocycles. The Morgan fingerprint density at radius 3 is 2.35 bits per heavy atom. The molecule has 0 aromatic rings. The van der Waals surface area contributed by atoms with Crippen molar-refractivity contribution in [3.05, 3.63) is 0 Å². The molecule has 1 saturated heterocycles. The first-order chi connectivity index (χ1) is 8.08. The summed E-state index contributed by atoms with van der Waals surface area (Å²) in [6.45, 7) is 0. The molecule has 2 saturated carbocycles. The summed E-state index contributed by atoms with van der Waals surface area (Å²) >= 11 is 2.04. The zero-order valence-electron chi connectivity index (χ0n) is 10.0. The molecular weight excluding hydrogens is 349 g/mol. The Labute approximate surface area is 118 Å². The first-order valence-corrected chi connectivity index (χ1v) is 9.33. The largest absolute Gasteiger partial charge is 0.223 e. The lowest BCUT2D eigenvalue weighted by Gasteiger charge is -2.31. The van der Waals surface area contributed by atoms with Gasteiger partial charge in [0.1, 0.15) is 0 Å². The molecule has 17 heavy (non-hydrogen) atoms. The Balaban J connectivity index is 1.81. The lowest BCUT2D eigenvalue weighted by atomic mass is 9.76. The molecule has 0 spiro atoms. The molecule has 4 atom stereocenters. The Hall–Kier alpha value is 0.640. The Morgan fingerprint density at radius 1 is 0.941 bits per heavy atom. The highest BCUT2D eigenvalue weighted by molar-refractivity contribution is 14.1. The average molecular weight is 369 g/mol. The second-order valence-corrected chi connectivity index (χ2v) is 9.55. The van der Waals surface area contributed by atoms with Gasteiger partial charge in [-0.25, -0.2) is 8.42 Å². The SMILES string of the molecule is O=S1(=O)CC2CCC3CCCCC3CC2N1I. The van der Waals surface area contributed by atoms with Gasteiger partial charge in [0.05, 0.1) is 5.75 Å². The van der Waals surface area contributed by atoms with Crippen LogP contribution in [0.2, 0.25) is 0 Å². The highest BCUT2D eigenvalue weighted by Crippen LogP contribution is 2.46. The molecule has 3 rings (SSSR count). The van der Waals surface area contributed by atoms with Crippen molar-refractivity contribution in [2.45, 2.75) is 51.0 Å². The number of hydrogen-bond acceptors (Lipinski definition) is 2. The Bertz CT molecular complexity index is 397. The van der Waals surface area contributed by atoms with Gasteiger partial charge in [-0.3, -0.25) is 0 Å². The maximum atomic E-state index is 11.9. The molecule has 0 aromatic carbocycles. The number of halogens is 1. The minimum absolute atomic E-state index is 0.300. The lowest BCUT2D eigenvalue weighted by molar-refractivity contribution is 0.212. The first kappa shape index (κ1) is 12.7. The van der Waals surface area contributed by atoms with Crippen molar-refractivity contribution >= 4 is 32.9 Å². The van der Waals surface area contributed by atoms with E-state index in [1.165, 1.54) is 32.1 Å². The number of sulfonamides is 1. The molecule has 2 aliphatic carbocycles. The van der Waals surface area contributed by atoms with E-state index in [2.05, 4.69) is 0 Å². The van der Waals surface area contributed by atoms with E-state index < -0.39 is 10.0 Å². The molecule has 3 nitrogen and oxygen atoms in total. The maximum Gasteiger partial charge on any atom is 0.223 e. The minimum atomic E-state index is -2.94. The number of nitrogens with zero attached hydrogens (tertiary/aromatic N) is 1. The van der Waals surface area contributed by atoms with Crippen molar-refractivity contribution in [3.8, 4) is 0 Å². The average Bonchev–Trinajstić information content (AvgIpc) is 2.47. The summed E-state index contributed by atoms with van der Waals surface area (Å²) in [7, 11) is -2.94. The summed E-state index contributed by atoms with van der Waals surface area (Å²) in [4.78, 5) is 0. The van der Waals surface area contributed by atoms with E-state index in [1.807, 2.05) is 22.9 Å². The standard InChI is InChI=1S/C12H20INO2S/c13-14-12-7-10-4-2-1-3-9(10)5-6-11(12)8-17(14,15)16/h9-12H,1-8H2. The lowest BCUT2D eigenvalue weighted by Crippen LogP contribution is -2.29. The van der Waals surface area contributed by atoms with Crippen LogP contribution in [0.15, 0.2) is 0 Å². The van der Waals surface area contributed by atoms with Crippen molar-refractivity contribution in [3.63, 3.8) is 0 Å². The zero-order chi connectivity index (χ0) is 12.0. The van der Waals surface area contributed by atoms with Crippen LogP contribution in [0.3, 0.4) is 0 Å². The van der Waals surface area contributed by atoms with Gasteiger partial charge in [-0.15, -0.1) is 2.52 Å². The van der Waals surface area contributed by atoms with E-state index in [9.17, 15) is 8.42 Å². The van der Waals surface area contributed by atoms with Crippen LogP contribution in [-0.4, -0.2) is 22.7 Å². The van der Waals surface area contributed by atoms with Gasteiger partial charge in [0.25, 0.3) is 0 Å². The third-order valence-electron chi connectivity index (χ3n) is 5.01. The molecule has 0 N–H and O–H groups in total. The third kappa shape index (κ3) is 2.27. The van der Waals surface area contributed by atoms with Gasteiger partial charge in [0.15, 0.2) is 0 Å². The van der Waals surface area contributed by atoms with E-state index >= 15 is 0 Å². The molecule has 3 aliphatic rings. The van der Waals surface area contributed by atoms with E-state index in [0.717, 1.165) is 24.7 Å². The Kier molecular flexibility index (Phi) is 3.45. The number of fused-ring (bicyclic) bond motifs is 2. The molecule has 0 amide bonds. The number of rotatable bonds is 0. The van der Waals surface area contributed by atoms with Crippen molar-refractivity contribution in [2.75, 3.05) is 5.75 Å². The van der Waals surface area contributed by atoms with Gasteiger partial charge in [-0.1, -0.05) is 25.7 Å². The second-order valence-electron chi connectivity index (χ2n) is 5.97. The van der Waals surface area contributed by atoms with E-state index in [-0.39, 0.29) is 0 Å². The quantitative estimate of drug-likeness (QED) is 0.486. The van der Waals surface area contributed by atoms with Crippen molar-refractivity contribution < 1.29 is 8.42 Å². The van der Waals surface area contributed by atoms with Crippen LogP contribution in [0.1, 0.15) is 44.9 Å². The molecule has 5 heteroatoms. The van der Waals surface area contributed by atoms with Crippen LogP contribution in [-0.2, 0) is 10.0 Å². The summed E-state index contributed by atoms with van der Waals surface area (Å²) in [6, 6.07) is 0.300. The molecule has 0 bridgehead atoms. The maximum absolute atomic E-state index is 11.9. The van der Waals surface area contributed by atoms with Crippen LogP contribution in [0.25, 0.3) is 0 Å². The van der Waals surface area contributed by atoms with Gasteiger partial charge >= 0.3 is 0 Å². The van der Waals surface area contributed by atoms with Gasteiger partial charge < -0.3 is 0 Å². The summed E-state index contributed by atoms with van der Waals surface area (Å²) < 4.78 is 25.5. The highest BCUT2D eigenvalue weighted by atomic mass is 127. The summed E-state index contributed by atoms with van der Waals surface area (Å²) in [5.41, 5.74) is 0. The second kappa shape index (κ2) is 4.63. The third-order valence-corrected chi connectivity index (χ3v) is 9.18. The van der Waals surface area contributed by atoms with Crippen molar-refractivity contribution in [2.24, 2.45) is 17.8 Å². The van der Waals surface area contributed by atoms with Crippen LogP contribution >= 0.6 is 22.9 Å². The first-order valence-electron chi connectivity index (χ1n) is 6.76. The fourth-order valence-electron chi connectivity index (χ4n) is 4.09. The van der Waals surface area contributed by atoms with Gasteiger partial charge in [-0.2, -0.15) is 0 Å². The highest BCUT2D eigenvalue weighted by Gasteiger charge is 2.47. The van der Waals surface area contributed by atoms with Crippen LogP contribution < -0.4 is 0 Å². The van der Waals surface area contributed by atoms with Crippen LogP contribution in [0, 0.1) is 17.8 Å². The summed E-state index contributed by atoms with van der Waals surface area (Å²) in [6.07, 6.45) is 8.99. The molecule has 98 valence electrons. The predicted molar refractivity (Wildman–Crippen MR) is 76.2 cm³/mol. The fourth-order valence-corrected chi connectivity index (χ4v) is 7.00. The van der Waals surface area contributed by atoms with Crippen molar-refractivity contribution in [1.82, 2.24) is 2.52 Å². The molecule has 1 heterocycles. The summed E-state index contributed by atoms with van der Waals surface area (Å²) in [5.74, 6) is 2.49. The number of hydrogen-bond donors (Lipinski definition) is 0. The summed E-state index contributed by atoms with van der Waals surface area (Å²) in [5, 5.41) is 0. The van der Waals surface area contributed by atoms with Crippen LogP contribution in [0.4, 0.5) is 0 Å². The topological polar surface area (TPSA) is 37.4 Å². The molecular formula is C12H20INO2S. The Morgan fingerprint density at radius 2 is 1.59 bits per heavy atom. The van der Waals surface area contributed by atoms with E-state index in [4.69, 9.17) is 0 Å². The van der Waals surface area contributed by atoms with Gasteiger partial charge in [0, 0.05) is 28.9 Å². The predicted octanol–water partition coefficient (Wildman–Crippen LogP) is 2.96. The smallest absolute Gasteiger partial charge is 0.211 e. The molecule has 3 fully saturated rings. The van der Waals surface area contributed by atoms with Gasteiger partial charge in [0.2, 0.25) is 10.0 Å². The van der Waals surface area contributed by atoms with E-state index in [0.29, 0.717) is 17.7 Å². The minimum Gasteiger partial charge on any atom is -0.211 e. The monoisotopic (exact) mass is 369 g/mol. The van der Waals surface area contributed by atoms with E-state index in [1.54, 1.807) is 2.52 Å². The van der Waals surface area contributed by atoms with Gasteiger partial charge in [-0.05, 0) is 37.0 Å². The fraction of sp³-hybridized carbons (Fsp3) is 1.00. The normalized spacial score (nSPS) is 45.9. The molecule has 0 radical (unpaired) electrons. The zero-order valence-corrected chi connectivity index (χ0v) is 13.0. The molecule has 1 aliphatic heterocycles. The molecule has 4 unspecified atom stereocenters.